The van der Waals surface area contributed by atoms with Crippen molar-refractivity contribution in [2.45, 2.75) is 58.9 Å². The molecule has 0 radical (unpaired) electrons. The summed E-state index contributed by atoms with van der Waals surface area (Å²) < 4.78 is 0. The summed E-state index contributed by atoms with van der Waals surface area (Å²) in [4.78, 5) is 25.0. The Balaban J connectivity index is 2.65. The standard InChI is InChI=1S/C14H25NO3/c1-4-11(10(2)3)9-13(16)15-8-6-5-7-12(15)14(17)18/h10-12H,4-9H2,1-3H3,(H,17,18). The number of rotatable bonds is 5. The lowest BCUT2D eigenvalue weighted by atomic mass is 9.89. The molecule has 1 amide bonds. The molecular formula is C14H25NO3. The highest BCUT2D eigenvalue weighted by Crippen LogP contribution is 2.23. The van der Waals surface area contributed by atoms with Crippen LogP contribution in [0.1, 0.15) is 52.9 Å². The van der Waals surface area contributed by atoms with Gasteiger partial charge in [0, 0.05) is 13.0 Å². The van der Waals surface area contributed by atoms with Gasteiger partial charge in [-0.05, 0) is 31.1 Å². The molecule has 1 aliphatic heterocycles. The van der Waals surface area contributed by atoms with E-state index in [1.807, 2.05) is 0 Å². The van der Waals surface area contributed by atoms with Crippen molar-refractivity contribution in [3.05, 3.63) is 0 Å². The first-order chi connectivity index (χ1) is 8.47. The molecule has 104 valence electrons. The average molecular weight is 255 g/mol. The molecule has 0 spiro atoms. The topological polar surface area (TPSA) is 57.6 Å². The summed E-state index contributed by atoms with van der Waals surface area (Å²) in [6, 6.07) is -0.601. The van der Waals surface area contributed by atoms with Gasteiger partial charge in [0.2, 0.25) is 5.91 Å². The second-order valence-corrected chi connectivity index (χ2v) is 5.55. The summed E-state index contributed by atoms with van der Waals surface area (Å²) in [5.74, 6) is -0.0239. The minimum Gasteiger partial charge on any atom is -0.480 e. The van der Waals surface area contributed by atoms with Crippen LogP contribution in [-0.2, 0) is 9.59 Å². The number of carbonyl (C=O) groups excluding carboxylic acids is 1. The molecule has 18 heavy (non-hydrogen) atoms. The maximum atomic E-state index is 12.2. The van der Waals surface area contributed by atoms with E-state index in [0.717, 1.165) is 19.3 Å². The van der Waals surface area contributed by atoms with Crippen LogP contribution in [0.25, 0.3) is 0 Å². The minimum atomic E-state index is -0.861. The van der Waals surface area contributed by atoms with Crippen LogP contribution in [0.15, 0.2) is 0 Å². The summed E-state index contributed by atoms with van der Waals surface area (Å²) in [5, 5.41) is 9.16. The van der Waals surface area contributed by atoms with Gasteiger partial charge in [0.25, 0.3) is 0 Å². The fourth-order valence-electron chi connectivity index (χ4n) is 2.68. The molecule has 0 bridgehead atoms. The second-order valence-electron chi connectivity index (χ2n) is 5.55. The fourth-order valence-corrected chi connectivity index (χ4v) is 2.68. The fraction of sp³-hybridized carbons (Fsp3) is 0.857. The van der Waals surface area contributed by atoms with Crippen molar-refractivity contribution in [3.8, 4) is 0 Å². The Morgan fingerprint density at radius 1 is 1.33 bits per heavy atom. The third-order valence-electron chi connectivity index (χ3n) is 4.01. The highest BCUT2D eigenvalue weighted by Gasteiger charge is 2.32. The molecule has 1 saturated heterocycles. The predicted octanol–water partition coefficient (Wildman–Crippen LogP) is 2.52. The van der Waals surface area contributed by atoms with Crippen molar-refractivity contribution in [2.24, 2.45) is 11.8 Å². The SMILES string of the molecule is CCC(CC(=O)N1CCCCC1C(=O)O)C(C)C. The third kappa shape index (κ3) is 3.72. The van der Waals surface area contributed by atoms with E-state index in [1.54, 1.807) is 4.90 Å². The van der Waals surface area contributed by atoms with Gasteiger partial charge < -0.3 is 10.0 Å². The minimum absolute atomic E-state index is 0.0163. The molecule has 0 aromatic carbocycles. The Morgan fingerprint density at radius 3 is 2.50 bits per heavy atom. The van der Waals surface area contributed by atoms with E-state index >= 15 is 0 Å². The van der Waals surface area contributed by atoms with Crippen LogP contribution in [0, 0.1) is 11.8 Å². The van der Waals surface area contributed by atoms with Crippen molar-refractivity contribution >= 4 is 11.9 Å². The van der Waals surface area contributed by atoms with Crippen molar-refractivity contribution in [1.29, 1.82) is 0 Å². The van der Waals surface area contributed by atoms with E-state index in [9.17, 15) is 9.59 Å². The third-order valence-corrected chi connectivity index (χ3v) is 4.01. The number of carboxylic acids is 1. The predicted molar refractivity (Wildman–Crippen MR) is 70.2 cm³/mol. The van der Waals surface area contributed by atoms with Crippen molar-refractivity contribution < 1.29 is 14.7 Å². The van der Waals surface area contributed by atoms with Gasteiger partial charge in [-0.1, -0.05) is 27.2 Å². The van der Waals surface area contributed by atoms with E-state index < -0.39 is 12.0 Å². The number of nitrogens with zero attached hydrogens (tertiary/aromatic N) is 1. The molecule has 1 fully saturated rings. The maximum Gasteiger partial charge on any atom is 0.326 e. The molecule has 4 heteroatoms. The molecule has 0 aromatic heterocycles. The molecular weight excluding hydrogens is 230 g/mol. The van der Waals surface area contributed by atoms with Crippen molar-refractivity contribution in [2.75, 3.05) is 6.54 Å². The van der Waals surface area contributed by atoms with Crippen LogP contribution < -0.4 is 0 Å². The van der Waals surface area contributed by atoms with E-state index in [1.165, 1.54) is 0 Å². The number of amides is 1. The number of carboxylic acid groups (broad SMARTS) is 1. The monoisotopic (exact) mass is 255 g/mol. The molecule has 1 N–H and O–H groups in total. The molecule has 1 aliphatic rings. The van der Waals surface area contributed by atoms with Gasteiger partial charge >= 0.3 is 5.97 Å². The van der Waals surface area contributed by atoms with Crippen LogP contribution in [-0.4, -0.2) is 34.5 Å². The van der Waals surface area contributed by atoms with E-state index in [-0.39, 0.29) is 5.91 Å². The quantitative estimate of drug-likeness (QED) is 0.821. The molecule has 0 saturated carbocycles. The largest absolute Gasteiger partial charge is 0.480 e. The van der Waals surface area contributed by atoms with E-state index in [2.05, 4.69) is 20.8 Å². The Kier molecular flexibility index (Phi) is 5.63. The molecule has 1 heterocycles. The Morgan fingerprint density at radius 2 is 2.00 bits per heavy atom. The molecule has 0 aliphatic carbocycles. The number of hydrogen-bond acceptors (Lipinski definition) is 2. The smallest absolute Gasteiger partial charge is 0.326 e. The summed E-state index contributed by atoms with van der Waals surface area (Å²) in [7, 11) is 0. The Bertz CT molecular complexity index is 301. The first kappa shape index (κ1) is 15.0. The Hall–Kier alpha value is -1.06. The first-order valence-corrected chi connectivity index (χ1v) is 6.99. The van der Waals surface area contributed by atoms with Crippen LogP contribution in [0.2, 0.25) is 0 Å². The first-order valence-electron chi connectivity index (χ1n) is 6.99. The molecule has 2 unspecified atom stereocenters. The van der Waals surface area contributed by atoms with Gasteiger partial charge in [-0.15, -0.1) is 0 Å². The lowest BCUT2D eigenvalue weighted by molar-refractivity contribution is -0.152. The lowest BCUT2D eigenvalue weighted by Crippen LogP contribution is -2.48. The molecule has 0 aromatic rings. The normalized spacial score (nSPS) is 22.0. The zero-order chi connectivity index (χ0) is 13.7. The van der Waals surface area contributed by atoms with Crippen LogP contribution in [0.4, 0.5) is 0 Å². The van der Waals surface area contributed by atoms with E-state index in [4.69, 9.17) is 5.11 Å². The van der Waals surface area contributed by atoms with Crippen LogP contribution in [0.3, 0.4) is 0 Å². The molecule has 4 nitrogen and oxygen atoms in total. The molecule has 2 atom stereocenters. The maximum absolute atomic E-state index is 12.2. The second kappa shape index (κ2) is 6.76. The average Bonchev–Trinajstić information content (AvgIpc) is 2.35. The van der Waals surface area contributed by atoms with Crippen molar-refractivity contribution in [3.63, 3.8) is 0 Å². The van der Waals surface area contributed by atoms with Gasteiger partial charge in [0.15, 0.2) is 0 Å². The lowest BCUT2D eigenvalue weighted by Gasteiger charge is -2.34. The molecule has 1 rings (SSSR count). The van der Waals surface area contributed by atoms with Gasteiger partial charge in [-0.25, -0.2) is 4.79 Å². The summed E-state index contributed by atoms with van der Waals surface area (Å²) in [6.45, 7) is 6.92. The zero-order valence-corrected chi connectivity index (χ0v) is 11.7. The summed E-state index contributed by atoms with van der Waals surface area (Å²) in [6.07, 6.45) is 3.88. The van der Waals surface area contributed by atoms with Gasteiger partial charge in [0.1, 0.15) is 6.04 Å². The number of hydrogen-bond donors (Lipinski definition) is 1. The number of piperidine rings is 1. The van der Waals surface area contributed by atoms with Gasteiger partial charge in [-0.3, -0.25) is 4.79 Å². The van der Waals surface area contributed by atoms with Gasteiger partial charge in [0.05, 0.1) is 0 Å². The number of carbonyl (C=O) groups is 2. The van der Waals surface area contributed by atoms with Crippen LogP contribution >= 0.6 is 0 Å². The van der Waals surface area contributed by atoms with E-state index in [0.29, 0.717) is 31.2 Å². The Labute approximate surface area is 109 Å². The highest BCUT2D eigenvalue weighted by molar-refractivity contribution is 5.84. The highest BCUT2D eigenvalue weighted by atomic mass is 16.4. The van der Waals surface area contributed by atoms with Crippen molar-refractivity contribution in [1.82, 2.24) is 4.90 Å². The zero-order valence-electron chi connectivity index (χ0n) is 11.7. The van der Waals surface area contributed by atoms with Crippen LogP contribution in [0.5, 0.6) is 0 Å². The number of likely N-dealkylation sites (tertiary alicyclic amines) is 1. The van der Waals surface area contributed by atoms with Gasteiger partial charge in [-0.2, -0.15) is 0 Å². The summed E-state index contributed by atoms with van der Waals surface area (Å²) >= 11 is 0. The number of aliphatic carboxylic acids is 1. The summed E-state index contributed by atoms with van der Waals surface area (Å²) in [5.41, 5.74) is 0.